The van der Waals surface area contributed by atoms with Crippen molar-refractivity contribution < 1.29 is 19.1 Å². The Labute approximate surface area is 147 Å². The standard InChI is InChI=1S/C18H25N3O4/c1-18(22,13-6-8-14(24-3)9-7-13)15-5-4-10-21(15)11-17-19-16(12-23-2)20-25-17/h6-9,15,22H,4-5,10-12H2,1-3H3/t15-,18+/m1/s1. The Balaban J connectivity index is 1.74. The van der Waals surface area contributed by atoms with Gasteiger partial charge in [-0.2, -0.15) is 4.98 Å². The third-order valence-electron chi connectivity index (χ3n) is 4.81. The number of aliphatic hydroxyl groups is 1. The zero-order chi connectivity index (χ0) is 17.9. The topological polar surface area (TPSA) is 80.9 Å². The summed E-state index contributed by atoms with van der Waals surface area (Å²) in [4.78, 5) is 6.54. The van der Waals surface area contributed by atoms with Crippen molar-refractivity contribution in [2.75, 3.05) is 20.8 Å². The van der Waals surface area contributed by atoms with Gasteiger partial charge in [0.2, 0.25) is 5.89 Å². The quantitative estimate of drug-likeness (QED) is 0.821. The first-order valence-electron chi connectivity index (χ1n) is 8.46. The summed E-state index contributed by atoms with van der Waals surface area (Å²) in [5, 5.41) is 15.1. The maximum absolute atomic E-state index is 11.2. The van der Waals surface area contributed by atoms with Crippen LogP contribution in [-0.2, 0) is 23.5 Å². The Kier molecular flexibility index (Phi) is 5.36. The van der Waals surface area contributed by atoms with E-state index in [0.717, 1.165) is 30.7 Å². The highest BCUT2D eigenvalue weighted by Gasteiger charge is 2.41. The number of methoxy groups -OCH3 is 2. The Hall–Kier alpha value is -1.96. The minimum Gasteiger partial charge on any atom is -0.497 e. The molecule has 2 aromatic rings. The molecule has 0 aliphatic carbocycles. The minimum atomic E-state index is -0.974. The summed E-state index contributed by atoms with van der Waals surface area (Å²) in [6.07, 6.45) is 1.94. The van der Waals surface area contributed by atoms with Gasteiger partial charge in [0.25, 0.3) is 0 Å². The van der Waals surface area contributed by atoms with Gasteiger partial charge in [-0.05, 0) is 44.0 Å². The normalized spacial score (nSPS) is 20.6. The zero-order valence-electron chi connectivity index (χ0n) is 14.9. The van der Waals surface area contributed by atoms with Crippen molar-refractivity contribution in [1.82, 2.24) is 15.0 Å². The molecule has 1 fully saturated rings. The lowest BCUT2D eigenvalue weighted by atomic mass is 9.86. The summed E-state index contributed by atoms with van der Waals surface area (Å²) in [5.41, 5.74) is -0.103. The Morgan fingerprint density at radius 3 is 2.76 bits per heavy atom. The van der Waals surface area contributed by atoms with Crippen LogP contribution in [0.2, 0.25) is 0 Å². The number of hydrogen-bond donors (Lipinski definition) is 1. The number of rotatable bonds is 7. The van der Waals surface area contributed by atoms with Crippen molar-refractivity contribution in [3.8, 4) is 5.75 Å². The average Bonchev–Trinajstić information content (AvgIpc) is 3.25. The molecule has 0 radical (unpaired) electrons. The summed E-state index contributed by atoms with van der Waals surface area (Å²) in [6, 6.07) is 7.56. The van der Waals surface area contributed by atoms with Gasteiger partial charge in [0.1, 0.15) is 18.0 Å². The van der Waals surface area contributed by atoms with E-state index in [9.17, 15) is 5.11 Å². The molecule has 0 amide bonds. The number of benzene rings is 1. The number of aromatic nitrogens is 2. The highest BCUT2D eigenvalue weighted by Crippen LogP contribution is 2.35. The molecule has 136 valence electrons. The summed E-state index contributed by atoms with van der Waals surface area (Å²) < 4.78 is 15.5. The van der Waals surface area contributed by atoms with E-state index >= 15 is 0 Å². The highest BCUT2D eigenvalue weighted by atomic mass is 16.5. The maximum Gasteiger partial charge on any atom is 0.240 e. The molecule has 0 saturated carbocycles. The second-order valence-electron chi connectivity index (χ2n) is 6.54. The fraction of sp³-hybridized carbons (Fsp3) is 0.556. The first-order valence-corrected chi connectivity index (χ1v) is 8.46. The van der Waals surface area contributed by atoms with Crippen LogP contribution in [-0.4, -0.2) is 47.0 Å². The molecule has 1 N–H and O–H groups in total. The highest BCUT2D eigenvalue weighted by molar-refractivity contribution is 5.31. The first-order chi connectivity index (χ1) is 12.0. The number of likely N-dealkylation sites (tertiary alicyclic amines) is 1. The molecular formula is C18H25N3O4. The number of nitrogens with zero attached hydrogens (tertiary/aromatic N) is 3. The summed E-state index contributed by atoms with van der Waals surface area (Å²) >= 11 is 0. The van der Waals surface area contributed by atoms with Gasteiger partial charge in [-0.3, -0.25) is 4.90 Å². The van der Waals surface area contributed by atoms with Gasteiger partial charge in [-0.1, -0.05) is 17.3 Å². The third kappa shape index (κ3) is 3.84. The largest absolute Gasteiger partial charge is 0.497 e. The van der Waals surface area contributed by atoms with Gasteiger partial charge >= 0.3 is 0 Å². The molecule has 1 saturated heterocycles. The molecule has 3 rings (SSSR count). The van der Waals surface area contributed by atoms with E-state index in [1.54, 1.807) is 14.2 Å². The zero-order valence-corrected chi connectivity index (χ0v) is 14.9. The molecular weight excluding hydrogens is 322 g/mol. The van der Waals surface area contributed by atoms with E-state index in [1.807, 2.05) is 31.2 Å². The van der Waals surface area contributed by atoms with Gasteiger partial charge in [-0.15, -0.1) is 0 Å². The van der Waals surface area contributed by atoms with E-state index in [-0.39, 0.29) is 6.04 Å². The lowest BCUT2D eigenvalue weighted by molar-refractivity contribution is -0.0278. The van der Waals surface area contributed by atoms with Crippen LogP contribution in [0.3, 0.4) is 0 Å². The van der Waals surface area contributed by atoms with E-state index in [0.29, 0.717) is 24.9 Å². The SMILES string of the molecule is COCc1noc(CN2CCC[C@@H]2[C@@](C)(O)c2ccc(OC)cc2)n1. The predicted molar refractivity (Wildman–Crippen MR) is 91.0 cm³/mol. The maximum atomic E-state index is 11.2. The second kappa shape index (κ2) is 7.51. The van der Waals surface area contributed by atoms with Crippen molar-refractivity contribution in [2.24, 2.45) is 0 Å². The lowest BCUT2D eigenvalue weighted by Crippen LogP contribution is -2.45. The van der Waals surface area contributed by atoms with Crippen molar-refractivity contribution in [3.05, 3.63) is 41.5 Å². The molecule has 1 aliphatic rings. The van der Waals surface area contributed by atoms with Crippen molar-refractivity contribution in [3.63, 3.8) is 0 Å². The summed E-state index contributed by atoms with van der Waals surface area (Å²) in [6.45, 7) is 3.60. The molecule has 1 aromatic carbocycles. The molecule has 7 nitrogen and oxygen atoms in total. The molecule has 7 heteroatoms. The molecule has 25 heavy (non-hydrogen) atoms. The summed E-state index contributed by atoms with van der Waals surface area (Å²) in [5.74, 6) is 1.86. The Morgan fingerprint density at radius 1 is 1.32 bits per heavy atom. The van der Waals surface area contributed by atoms with E-state index in [2.05, 4.69) is 15.0 Å². The predicted octanol–water partition coefficient (Wildman–Crippen LogP) is 2.10. The van der Waals surface area contributed by atoms with Gasteiger partial charge < -0.3 is 19.1 Å². The van der Waals surface area contributed by atoms with Crippen LogP contribution in [0.5, 0.6) is 5.75 Å². The van der Waals surface area contributed by atoms with Crippen LogP contribution in [0, 0.1) is 0 Å². The molecule has 0 bridgehead atoms. The van der Waals surface area contributed by atoms with E-state index in [4.69, 9.17) is 14.0 Å². The van der Waals surface area contributed by atoms with Gasteiger partial charge in [0.15, 0.2) is 5.82 Å². The fourth-order valence-electron chi connectivity index (χ4n) is 3.49. The minimum absolute atomic E-state index is 0.0151. The number of ether oxygens (including phenoxy) is 2. The number of hydrogen-bond acceptors (Lipinski definition) is 7. The van der Waals surface area contributed by atoms with Crippen molar-refractivity contribution in [1.29, 1.82) is 0 Å². The smallest absolute Gasteiger partial charge is 0.240 e. The molecule has 2 atom stereocenters. The molecule has 0 unspecified atom stereocenters. The van der Waals surface area contributed by atoms with Crippen LogP contribution >= 0.6 is 0 Å². The molecule has 1 aliphatic heterocycles. The molecule has 1 aromatic heterocycles. The second-order valence-corrected chi connectivity index (χ2v) is 6.54. The average molecular weight is 347 g/mol. The van der Waals surface area contributed by atoms with Gasteiger partial charge in [-0.25, -0.2) is 0 Å². The van der Waals surface area contributed by atoms with Gasteiger partial charge in [0, 0.05) is 13.2 Å². The van der Waals surface area contributed by atoms with Gasteiger partial charge in [0.05, 0.1) is 13.7 Å². The lowest BCUT2D eigenvalue weighted by Gasteiger charge is -2.36. The van der Waals surface area contributed by atoms with Crippen LogP contribution in [0.15, 0.2) is 28.8 Å². The van der Waals surface area contributed by atoms with E-state index < -0.39 is 5.60 Å². The third-order valence-corrected chi connectivity index (χ3v) is 4.81. The van der Waals surface area contributed by atoms with Crippen molar-refractivity contribution in [2.45, 2.75) is 44.6 Å². The first kappa shape index (κ1) is 17.8. The van der Waals surface area contributed by atoms with Crippen LogP contribution in [0.1, 0.15) is 37.0 Å². The van der Waals surface area contributed by atoms with Crippen LogP contribution < -0.4 is 4.74 Å². The van der Waals surface area contributed by atoms with Crippen LogP contribution in [0.4, 0.5) is 0 Å². The van der Waals surface area contributed by atoms with Crippen LogP contribution in [0.25, 0.3) is 0 Å². The molecule has 2 heterocycles. The summed E-state index contributed by atoms with van der Waals surface area (Å²) in [7, 11) is 3.23. The van der Waals surface area contributed by atoms with E-state index in [1.165, 1.54) is 0 Å². The Bertz CT molecular complexity index is 684. The fourth-order valence-corrected chi connectivity index (χ4v) is 3.49. The Morgan fingerprint density at radius 2 is 2.08 bits per heavy atom. The molecule has 0 spiro atoms. The van der Waals surface area contributed by atoms with Crippen molar-refractivity contribution >= 4 is 0 Å². The monoisotopic (exact) mass is 347 g/mol.